The highest BCUT2D eigenvalue weighted by Gasteiger charge is 2.23. The van der Waals surface area contributed by atoms with Gasteiger partial charge < -0.3 is 0 Å². The summed E-state index contributed by atoms with van der Waals surface area (Å²) in [5.74, 6) is -0.722. The van der Waals surface area contributed by atoms with Gasteiger partial charge >= 0.3 is 10.2 Å². The molecule has 0 aromatic rings. The molecule has 0 bridgehead atoms. The van der Waals surface area contributed by atoms with Crippen LogP contribution in [-0.2, 0) is 15.0 Å². The van der Waals surface area contributed by atoms with E-state index in [1.54, 1.807) is 20.8 Å². The van der Waals surface area contributed by atoms with E-state index in [4.69, 9.17) is 0 Å². The van der Waals surface area contributed by atoms with Crippen LogP contribution in [0.2, 0.25) is 0 Å². The quantitative estimate of drug-likeness (QED) is 0.739. The maximum absolute atomic E-state index is 11.6. The Hall–Kier alpha value is -0.620. The number of nitrogens with one attached hydrogen (secondary N) is 1. The van der Waals surface area contributed by atoms with Gasteiger partial charge in [0.25, 0.3) is 0 Å². The predicted molar refractivity (Wildman–Crippen MR) is 59.4 cm³/mol. The fourth-order valence-corrected chi connectivity index (χ4v) is 2.31. The van der Waals surface area contributed by atoms with Crippen LogP contribution >= 0.6 is 0 Å². The van der Waals surface area contributed by atoms with Gasteiger partial charge in [-0.2, -0.15) is 12.7 Å². The van der Waals surface area contributed by atoms with Gasteiger partial charge in [-0.25, -0.2) is 4.72 Å². The average Bonchev–Trinajstić information content (AvgIpc) is 2.17. The maximum Gasteiger partial charge on any atom is 0.303 e. The van der Waals surface area contributed by atoms with E-state index < -0.39 is 16.1 Å². The van der Waals surface area contributed by atoms with Crippen molar-refractivity contribution in [1.82, 2.24) is 9.03 Å². The van der Waals surface area contributed by atoms with Crippen molar-refractivity contribution in [3.63, 3.8) is 0 Å². The third-order valence-electron chi connectivity index (χ3n) is 2.33. The summed E-state index contributed by atoms with van der Waals surface area (Å²) in [6.07, 6.45) is 0.625. The maximum atomic E-state index is 11.6. The Kier molecular flexibility index (Phi) is 5.82. The average molecular weight is 236 g/mol. The summed E-state index contributed by atoms with van der Waals surface area (Å²) >= 11 is 0. The summed E-state index contributed by atoms with van der Waals surface area (Å²) < 4.78 is 26.5. The summed E-state index contributed by atoms with van der Waals surface area (Å²) in [6.45, 7) is 7.73. The molecule has 0 aliphatic heterocycles. The van der Waals surface area contributed by atoms with Crippen molar-refractivity contribution >= 4 is 16.1 Å². The van der Waals surface area contributed by atoms with Crippen molar-refractivity contribution in [1.29, 1.82) is 0 Å². The first-order chi connectivity index (χ1) is 6.88. The zero-order valence-corrected chi connectivity index (χ0v) is 10.6. The lowest BCUT2D eigenvalue weighted by atomic mass is 10.1. The zero-order valence-electron chi connectivity index (χ0n) is 9.78. The summed E-state index contributed by atoms with van der Waals surface area (Å²) in [6, 6.07) is 0. The summed E-state index contributed by atoms with van der Waals surface area (Å²) in [5, 5.41) is 0. The van der Waals surface area contributed by atoms with Gasteiger partial charge in [0.15, 0.2) is 0 Å². The van der Waals surface area contributed by atoms with Crippen molar-refractivity contribution in [2.24, 2.45) is 5.92 Å². The van der Waals surface area contributed by atoms with Gasteiger partial charge in [0.2, 0.25) is 5.91 Å². The van der Waals surface area contributed by atoms with Crippen LogP contribution in [0.4, 0.5) is 0 Å². The Morgan fingerprint density at radius 1 is 1.27 bits per heavy atom. The lowest BCUT2D eigenvalue weighted by Gasteiger charge is -2.19. The SMILES string of the molecule is CCC(C)C(=O)NS(=O)(=O)N(CC)CC. The molecule has 0 aromatic carbocycles. The largest absolute Gasteiger partial charge is 0.303 e. The van der Waals surface area contributed by atoms with Gasteiger partial charge in [-0.1, -0.05) is 27.7 Å². The fraction of sp³-hybridized carbons (Fsp3) is 0.889. The summed E-state index contributed by atoms with van der Waals surface area (Å²) in [5.41, 5.74) is 0. The highest BCUT2D eigenvalue weighted by molar-refractivity contribution is 7.87. The van der Waals surface area contributed by atoms with Crippen LogP contribution < -0.4 is 4.72 Å². The number of carbonyl (C=O) groups is 1. The molecule has 6 heteroatoms. The molecule has 1 N–H and O–H groups in total. The molecule has 1 amide bonds. The second kappa shape index (κ2) is 6.07. The molecule has 0 fully saturated rings. The predicted octanol–water partition coefficient (Wildman–Crippen LogP) is 0.735. The van der Waals surface area contributed by atoms with E-state index in [9.17, 15) is 13.2 Å². The minimum Gasteiger partial charge on any atom is -0.274 e. The number of nitrogens with zero attached hydrogens (tertiary/aromatic N) is 1. The summed E-state index contributed by atoms with van der Waals surface area (Å²) in [4.78, 5) is 11.4. The molecular weight excluding hydrogens is 216 g/mol. The first-order valence-electron chi connectivity index (χ1n) is 5.20. The molecule has 0 aliphatic rings. The summed E-state index contributed by atoms with van der Waals surface area (Å²) in [7, 11) is -3.64. The first-order valence-corrected chi connectivity index (χ1v) is 6.64. The topological polar surface area (TPSA) is 66.5 Å². The normalized spacial score (nSPS) is 13.9. The Balaban J connectivity index is 4.57. The highest BCUT2D eigenvalue weighted by Crippen LogP contribution is 2.03. The van der Waals surface area contributed by atoms with Gasteiger partial charge in [0.1, 0.15) is 0 Å². The lowest BCUT2D eigenvalue weighted by molar-refractivity contribution is -0.122. The molecule has 0 radical (unpaired) electrons. The van der Waals surface area contributed by atoms with Gasteiger partial charge in [-0.15, -0.1) is 0 Å². The Morgan fingerprint density at radius 2 is 1.73 bits per heavy atom. The Morgan fingerprint density at radius 3 is 2.07 bits per heavy atom. The minimum absolute atomic E-state index is 0.282. The van der Waals surface area contributed by atoms with E-state index in [1.807, 2.05) is 6.92 Å². The molecule has 0 aliphatic carbocycles. The first kappa shape index (κ1) is 14.4. The third kappa shape index (κ3) is 4.17. The number of amides is 1. The van der Waals surface area contributed by atoms with Crippen LogP contribution in [0.15, 0.2) is 0 Å². The number of carbonyl (C=O) groups excluding carboxylic acids is 1. The standard InChI is InChI=1S/C9H20N2O3S/c1-5-8(4)9(12)10-15(13,14)11(6-2)7-3/h8H,5-7H2,1-4H3,(H,10,12). The molecule has 0 rings (SSSR count). The third-order valence-corrected chi connectivity index (χ3v) is 3.99. The van der Waals surface area contributed by atoms with Crippen LogP contribution in [0, 0.1) is 5.92 Å². The highest BCUT2D eigenvalue weighted by atomic mass is 32.2. The van der Waals surface area contributed by atoms with Crippen LogP contribution in [0.5, 0.6) is 0 Å². The Bertz CT molecular complexity index is 296. The van der Waals surface area contributed by atoms with Crippen LogP contribution in [0.3, 0.4) is 0 Å². The van der Waals surface area contributed by atoms with E-state index in [0.717, 1.165) is 0 Å². The van der Waals surface area contributed by atoms with Gasteiger partial charge in [-0.05, 0) is 6.42 Å². The van der Waals surface area contributed by atoms with E-state index in [0.29, 0.717) is 19.5 Å². The molecule has 1 atom stereocenters. The van der Waals surface area contributed by atoms with E-state index in [-0.39, 0.29) is 5.92 Å². The van der Waals surface area contributed by atoms with E-state index >= 15 is 0 Å². The molecule has 5 nitrogen and oxygen atoms in total. The molecule has 0 saturated heterocycles. The van der Waals surface area contributed by atoms with Crippen molar-refractivity contribution in [2.45, 2.75) is 34.1 Å². The molecule has 15 heavy (non-hydrogen) atoms. The van der Waals surface area contributed by atoms with Gasteiger partial charge in [-0.3, -0.25) is 4.79 Å². The molecule has 0 heterocycles. The van der Waals surface area contributed by atoms with Gasteiger partial charge in [0, 0.05) is 19.0 Å². The molecular formula is C9H20N2O3S. The lowest BCUT2D eigenvalue weighted by Crippen LogP contribution is -2.44. The van der Waals surface area contributed by atoms with Crippen LogP contribution in [0.25, 0.3) is 0 Å². The molecule has 90 valence electrons. The molecule has 1 unspecified atom stereocenters. The second-order valence-electron chi connectivity index (χ2n) is 3.36. The molecule has 0 spiro atoms. The van der Waals surface area contributed by atoms with Crippen LogP contribution in [-0.4, -0.2) is 31.7 Å². The Labute approximate surface area is 92.0 Å². The monoisotopic (exact) mass is 236 g/mol. The number of rotatable bonds is 6. The van der Waals surface area contributed by atoms with Crippen molar-refractivity contribution in [2.75, 3.05) is 13.1 Å². The number of hydrogen-bond donors (Lipinski definition) is 1. The van der Waals surface area contributed by atoms with Gasteiger partial charge in [0.05, 0.1) is 0 Å². The van der Waals surface area contributed by atoms with E-state index in [2.05, 4.69) is 4.72 Å². The van der Waals surface area contributed by atoms with E-state index in [1.165, 1.54) is 4.31 Å². The van der Waals surface area contributed by atoms with Crippen molar-refractivity contribution < 1.29 is 13.2 Å². The smallest absolute Gasteiger partial charge is 0.274 e. The number of hydrogen-bond acceptors (Lipinski definition) is 3. The van der Waals surface area contributed by atoms with Crippen molar-refractivity contribution in [3.8, 4) is 0 Å². The van der Waals surface area contributed by atoms with Crippen LogP contribution in [0.1, 0.15) is 34.1 Å². The fourth-order valence-electron chi connectivity index (χ4n) is 1.04. The van der Waals surface area contributed by atoms with Crippen molar-refractivity contribution in [3.05, 3.63) is 0 Å². The molecule has 0 saturated carbocycles. The molecule has 0 aromatic heterocycles. The second-order valence-corrected chi connectivity index (χ2v) is 5.04. The minimum atomic E-state index is -3.64. The zero-order chi connectivity index (χ0) is 12.1.